The molecule has 9 nitrogen and oxygen atoms in total. The lowest BCUT2D eigenvalue weighted by molar-refractivity contribution is -0.132. The fraction of sp³-hybridized carbons (Fsp3) is 0.348. The lowest BCUT2D eigenvalue weighted by Gasteiger charge is -2.22. The van der Waals surface area contributed by atoms with Gasteiger partial charge >= 0.3 is 0 Å². The Morgan fingerprint density at radius 1 is 0.848 bits per heavy atom. The van der Waals surface area contributed by atoms with Crippen molar-refractivity contribution in [3.63, 3.8) is 0 Å². The van der Waals surface area contributed by atoms with Crippen LogP contribution in [0.3, 0.4) is 0 Å². The summed E-state index contributed by atoms with van der Waals surface area (Å²) in [5.41, 5.74) is 0.751. The van der Waals surface area contributed by atoms with Crippen LogP contribution in [0.1, 0.15) is 44.7 Å². The van der Waals surface area contributed by atoms with Gasteiger partial charge in [0.15, 0.2) is 11.6 Å². The minimum Gasteiger partial charge on any atom is -0.395 e. The van der Waals surface area contributed by atoms with Gasteiger partial charge in [-0.05, 0) is 24.6 Å². The van der Waals surface area contributed by atoms with Gasteiger partial charge in [-0.1, -0.05) is 24.3 Å². The van der Waals surface area contributed by atoms with E-state index in [1.807, 2.05) is 0 Å². The Bertz CT molecular complexity index is 1170. The normalized spacial score (nSPS) is 13.1. The molecule has 10 heteroatoms. The van der Waals surface area contributed by atoms with Crippen LogP contribution in [0, 0.1) is 0 Å². The Kier molecular flexibility index (Phi) is 7.75. The van der Waals surface area contributed by atoms with Gasteiger partial charge in [-0.2, -0.15) is 0 Å². The fourth-order valence-electron chi connectivity index (χ4n) is 3.75. The number of carbonyl (C=O) groups is 3. The van der Waals surface area contributed by atoms with Crippen LogP contribution in [0.15, 0.2) is 47.4 Å². The van der Waals surface area contributed by atoms with E-state index >= 15 is 0 Å². The van der Waals surface area contributed by atoms with E-state index < -0.39 is 15.8 Å². The Morgan fingerprint density at radius 3 is 1.97 bits per heavy atom. The van der Waals surface area contributed by atoms with Gasteiger partial charge < -0.3 is 15.1 Å². The number of sulfonamides is 1. The molecule has 0 unspecified atom stereocenters. The number of hydrogen-bond acceptors (Lipinski definition) is 7. The van der Waals surface area contributed by atoms with Gasteiger partial charge in [0.25, 0.3) is 0 Å². The standard InChI is InChI=1S/C23H26N2O7S/c1-24(10-4-7-21(28)25(11-13-26)12-14-27)33(31,32)16-8-9-19-20(15-16)23(30)18-6-3-2-5-17(18)22(19)29/h2-3,5-6,8-9,15,26-27H,4,7,10-14H2,1H3. The Balaban J connectivity index is 1.73. The average molecular weight is 475 g/mol. The second-order valence-electron chi connectivity index (χ2n) is 7.67. The van der Waals surface area contributed by atoms with Gasteiger partial charge in [0, 0.05) is 55.4 Å². The van der Waals surface area contributed by atoms with Crippen LogP contribution in [-0.4, -0.2) is 85.2 Å². The summed E-state index contributed by atoms with van der Waals surface area (Å²) in [4.78, 5) is 39.0. The van der Waals surface area contributed by atoms with Crippen LogP contribution in [0.5, 0.6) is 0 Å². The van der Waals surface area contributed by atoms with E-state index in [0.717, 1.165) is 4.31 Å². The molecule has 0 saturated carbocycles. The number of amides is 1. The van der Waals surface area contributed by atoms with E-state index in [0.29, 0.717) is 5.56 Å². The number of rotatable bonds is 10. The number of benzene rings is 2. The van der Waals surface area contributed by atoms with E-state index in [9.17, 15) is 22.8 Å². The molecule has 33 heavy (non-hydrogen) atoms. The third-order valence-corrected chi connectivity index (χ3v) is 7.41. The van der Waals surface area contributed by atoms with Crippen molar-refractivity contribution < 1.29 is 33.0 Å². The average Bonchev–Trinajstić information content (AvgIpc) is 2.81. The first kappa shape index (κ1) is 24.7. The maximum atomic E-state index is 13.0. The number of nitrogens with zero attached hydrogens (tertiary/aromatic N) is 2. The molecule has 1 aliphatic rings. The number of aliphatic hydroxyl groups is 2. The maximum Gasteiger partial charge on any atom is 0.242 e. The number of ketones is 2. The van der Waals surface area contributed by atoms with E-state index in [-0.39, 0.29) is 79.0 Å². The fourth-order valence-corrected chi connectivity index (χ4v) is 4.99. The SMILES string of the molecule is CN(CCCC(=O)N(CCO)CCO)S(=O)(=O)c1ccc2c(c1)C(=O)c1ccccc1C2=O. The van der Waals surface area contributed by atoms with Gasteiger partial charge in [0.1, 0.15) is 0 Å². The molecule has 3 rings (SSSR count). The molecule has 2 aromatic rings. The summed E-state index contributed by atoms with van der Waals surface area (Å²) in [6.45, 7) is -0.224. The zero-order valence-corrected chi connectivity index (χ0v) is 19.0. The molecule has 0 spiro atoms. The van der Waals surface area contributed by atoms with Crippen LogP contribution < -0.4 is 0 Å². The zero-order chi connectivity index (χ0) is 24.2. The lowest BCUT2D eigenvalue weighted by atomic mass is 9.84. The summed E-state index contributed by atoms with van der Waals surface area (Å²) in [6.07, 6.45) is 0.283. The molecule has 0 aliphatic heterocycles. The highest BCUT2D eigenvalue weighted by Gasteiger charge is 2.31. The van der Waals surface area contributed by atoms with Gasteiger partial charge in [0.2, 0.25) is 15.9 Å². The highest BCUT2D eigenvalue weighted by Crippen LogP contribution is 2.29. The van der Waals surface area contributed by atoms with Crippen LogP contribution in [-0.2, 0) is 14.8 Å². The van der Waals surface area contributed by atoms with Gasteiger partial charge in [-0.25, -0.2) is 12.7 Å². The minimum absolute atomic E-state index is 0.0481. The summed E-state index contributed by atoms with van der Waals surface area (Å²) in [5, 5.41) is 18.0. The van der Waals surface area contributed by atoms with Crippen LogP contribution >= 0.6 is 0 Å². The Morgan fingerprint density at radius 2 is 1.39 bits per heavy atom. The summed E-state index contributed by atoms with van der Waals surface area (Å²) >= 11 is 0. The van der Waals surface area contributed by atoms with Crippen molar-refractivity contribution in [1.29, 1.82) is 0 Å². The van der Waals surface area contributed by atoms with Gasteiger partial charge in [-0.3, -0.25) is 14.4 Å². The van der Waals surface area contributed by atoms with E-state index in [2.05, 4.69) is 0 Å². The predicted molar refractivity (Wildman–Crippen MR) is 120 cm³/mol. The third-order valence-electron chi connectivity index (χ3n) is 5.56. The predicted octanol–water partition coefficient (Wildman–Crippen LogP) is 0.676. The molecule has 2 aromatic carbocycles. The van der Waals surface area contributed by atoms with Crippen molar-refractivity contribution in [2.75, 3.05) is 39.9 Å². The third kappa shape index (κ3) is 5.03. The van der Waals surface area contributed by atoms with E-state index in [1.54, 1.807) is 24.3 Å². The van der Waals surface area contributed by atoms with E-state index in [1.165, 1.54) is 30.1 Å². The summed E-state index contributed by atoms with van der Waals surface area (Å²) in [6, 6.07) is 10.3. The topological polar surface area (TPSA) is 132 Å². The van der Waals surface area contributed by atoms with Crippen molar-refractivity contribution in [2.45, 2.75) is 17.7 Å². The molecule has 0 radical (unpaired) electrons. The lowest BCUT2D eigenvalue weighted by Crippen LogP contribution is -2.36. The molecule has 176 valence electrons. The zero-order valence-electron chi connectivity index (χ0n) is 18.2. The van der Waals surface area contributed by atoms with Crippen molar-refractivity contribution in [2.24, 2.45) is 0 Å². The highest BCUT2D eigenvalue weighted by molar-refractivity contribution is 7.89. The molecule has 0 aromatic heterocycles. The maximum absolute atomic E-state index is 13.0. The summed E-state index contributed by atoms with van der Waals surface area (Å²) < 4.78 is 27.2. The molecule has 2 N–H and O–H groups in total. The monoisotopic (exact) mass is 474 g/mol. The van der Waals surface area contributed by atoms with Crippen molar-refractivity contribution in [1.82, 2.24) is 9.21 Å². The molecule has 0 heterocycles. The summed E-state index contributed by atoms with van der Waals surface area (Å²) in [7, 11) is -2.59. The number of fused-ring (bicyclic) bond motifs is 2. The molecule has 1 amide bonds. The van der Waals surface area contributed by atoms with Gasteiger partial charge in [0.05, 0.1) is 18.1 Å². The van der Waals surface area contributed by atoms with Crippen molar-refractivity contribution in [3.05, 3.63) is 64.7 Å². The molecule has 0 fully saturated rings. The number of aliphatic hydroxyl groups excluding tert-OH is 2. The first-order valence-electron chi connectivity index (χ1n) is 10.5. The molecule has 0 saturated heterocycles. The van der Waals surface area contributed by atoms with Crippen LogP contribution in [0.25, 0.3) is 0 Å². The molecule has 0 atom stereocenters. The second-order valence-corrected chi connectivity index (χ2v) is 9.71. The molecular formula is C23H26N2O7S. The second kappa shape index (κ2) is 10.3. The summed E-state index contributed by atoms with van der Waals surface area (Å²) in [5.74, 6) is -1.02. The first-order valence-corrected chi connectivity index (χ1v) is 11.9. The van der Waals surface area contributed by atoms with E-state index in [4.69, 9.17) is 10.2 Å². The molecule has 0 bridgehead atoms. The largest absolute Gasteiger partial charge is 0.395 e. The first-order chi connectivity index (χ1) is 15.7. The quantitative estimate of drug-likeness (QED) is 0.441. The Labute approximate surface area is 192 Å². The number of hydrogen-bond donors (Lipinski definition) is 2. The smallest absolute Gasteiger partial charge is 0.242 e. The van der Waals surface area contributed by atoms with Crippen molar-refractivity contribution >= 4 is 27.5 Å². The minimum atomic E-state index is -3.96. The van der Waals surface area contributed by atoms with Crippen molar-refractivity contribution in [3.8, 4) is 0 Å². The number of carbonyl (C=O) groups excluding carboxylic acids is 3. The molecular weight excluding hydrogens is 448 g/mol. The van der Waals surface area contributed by atoms with Crippen LogP contribution in [0.4, 0.5) is 0 Å². The van der Waals surface area contributed by atoms with Gasteiger partial charge in [-0.15, -0.1) is 0 Å². The highest BCUT2D eigenvalue weighted by atomic mass is 32.2. The molecule has 1 aliphatic carbocycles. The van der Waals surface area contributed by atoms with Crippen LogP contribution in [0.2, 0.25) is 0 Å². The Hall–Kier alpha value is -2.92.